The molecule has 0 aliphatic carbocycles. The second-order valence-electron chi connectivity index (χ2n) is 12.0. The predicted octanol–water partition coefficient (Wildman–Crippen LogP) is 4.71. The molecule has 0 radical (unpaired) electrons. The zero-order valence-corrected chi connectivity index (χ0v) is 30.2. The summed E-state index contributed by atoms with van der Waals surface area (Å²) in [6, 6.07) is 14.1. The fourth-order valence-electron chi connectivity index (χ4n) is 4.68. The fourth-order valence-corrected chi connectivity index (χ4v) is 6.97. The second kappa shape index (κ2) is 19.7. The lowest BCUT2D eigenvalue weighted by Crippen LogP contribution is -2.54. The Kier molecular flexibility index (Phi) is 15.8. The number of fused-ring (bicyclic) bond motifs is 1. The number of nitrogens with one attached hydrogen (secondary N) is 4. The Morgan fingerprint density at radius 1 is 0.776 bits per heavy atom. The van der Waals surface area contributed by atoms with Gasteiger partial charge in [0.1, 0.15) is 23.7 Å². The Labute approximate surface area is 294 Å². The van der Waals surface area contributed by atoms with Crippen molar-refractivity contribution in [3.63, 3.8) is 0 Å². The number of benzene rings is 2. The summed E-state index contributed by atoms with van der Waals surface area (Å²) in [5.41, 5.74) is 1.88. The van der Waals surface area contributed by atoms with Crippen LogP contribution in [0.15, 0.2) is 60.8 Å². The van der Waals surface area contributed by atoms with Crippen LogP contribution in [0, 0.1) is 0 Å². The van der Waals surface area contributed by atoms with Crippen LogP contribution < -0.4 is 16.0 Å². The number of carbonyl (C=O) groups excluding carboxylic acids is 5. The number of hydrogen-bond acceptors (Lipinski definition) is 10. The zero-order valence-electron chi connectivity index (χ0n) is 28.5. The van der Waals surface area contributed by atoms with Gasteiger partial charge in [-0.1, -0.05) is 70.1 Å². The number of alkyl carbamates (subject to hydrolysis) is 1. The molecule has 3 atom stereocenters. The lowest BCUT2D eigenvalue weighted by atomic mass is 10.0. The van der Waals surface area contributed by atoms with Crippen LogP contribution >= 0.6 is 21.6 Å². The summed E-state index contributed by atoms with van der Waals surface area (Å²) >= 11 is 0. The molecule has 0 aliphatic heterocycles. The van der Waals surface area contributed by atoms with Crippen molar-refractivity contribution in [1.82, 2.24) is 20.9 Å². The molecule has 266 valence electrons. The summed E-state index contributed by atoms with van der Waals surface area (Å²) in [7, 11) is 2.47. The van der Waals surface area contributed by atoms with E-state index in [0.717, 1.165) is 22.0 Å². The quantitative estimate of drug-likeness (QED) is 0.0628. The maximum absolute atomic E-state index is 13.7. The Morgan fingerprint density at radius 3 is 1.98 bits per heavy atom. The van der Waals surface area contributed by atoms with Gasteiger partial charge in [0.2, 0.25) is 11.8 Å². The summed E-state index contributed by atoms with van der Waals surface area (Å²) in [4.78, 5) is 67.9. The highest BCUT2D eigenvalue weighted by molar-refractivity contribution is 8.76. The average molecular weight is 715 g/mol. The molecule has 12 nitrogen and oxygen atoms in total. The van der Waals surface area contributed by atoms with Gasteiger partial charge in [-0.2, -0.15) is 0 Å². The van der Waals surface area contributed by atoms with Crippen LogP contribution in [0.3, 0.4) is 0 Å². The van der Waals surface area contributed by atoms with Crippen LogP contribution in [0.5, 0.6) is 0 Å². The van der Waals surface area contributed by atoms with Crippen LogP contribution in [-0.2, 0) is 46.2 Å². The molecule has 3 rings (SSSR count). The Morgan fingerprint density at radius 2 is 1.37 bits per heavy atom. The van der Waals surface area contributed by atoms with E-state index in [0.29, 0.717) is 6.42 Å². The third-order valence-corrected chi connectivity index (χ3v) is 9.36. The van der Waals surface area contributed by atoms with Gasteiger partial charge in [0.15, 0.2) is 0 Å². The van der Waals surface area contributed by atoms with E-state index < -0.39 is 47.7 Å². The van der Waals surface area contributed by atoms with Gasteiger partial charge >= 0.3 is 18.0 Å². The first kappa shape index (κ1) is 39.3. The van der Waals surface area contributed by atoms with E-state index in [-0.39, 0.29) is 43.5 Å². The number of aromatic nitrogens is 1. The molecular weight excluding hydrogens is 669 g/mol. The van der Waals surface area contributed by atoms with Gasteiger partial charge in [0.05, 0.1) is 13.2 Å². The van der Waals surface area contributed by atoms with Crippen LogP contribution in [0.2, 0.25) is 0 Å². The van der Waals surface area contributed by atoms with Gasteiger partial charge in [-0.25, -0.2) is 14.4 Å². The third-order valence-electron chi connectivity index (χ3n) is 6.94. The predicted molar refractivity (Wildman–Crippen MR) is 192 cm³/mol. The molecule has 49 heavy (non-hydrogen) atoms. The van der Waals surface area contributed by atoms with Gasteiger partial charge < -0.3 is 35.1 Å². The number of para-hydroxylation sites is 1. The smallest absolute Gasteiger partial charge is 0.408 e. The number of carbonyl (C=O) groups is 5. The van der Waals surface area contributed by atoms with Crippen molar-refractivity contribution in [2.24, 2.45) is 0 Å². The molecule has 2 aromatic carbocycles. The van der Waals surface area contributed by atoms with E-state index in [2.05, 4.69) is 20.9 Å². The van der Waals surface area contributed by atoms with Crippen molar-refractivity contribution < 1.29 is 38.2 Å². The highest BCUT2D eigenvalue weighted by Crippen LogP contribution is 2.24. The molecular formula is C35H46N4O8S2. The summed E-state index contributed by atoms with van der Waals surface area (Å²) in [5.74, 6) is -1.86. The molecule has 0 bridgehead atoms. The Hall–Kier alpha value is -4.17. The molecule has 0 saturated carbocycles. The number of aryl methyl sites for hydroxylation is 1. The van der Waals surface area contributed by atoms with Crippen molar-refractivity contribution in [1.29, 1.82) is 0 Å². The first-order valence-corrected chi connectivity index (χ1v) is 18.6. The molecule has 14 heteroatoms. The third kappa shape index (κ3) is 13.7. The van der Waals surface area contributed by atoms with Gasteiger partial charge in [0, 0.05) is 41.4 Å². The molecule has 0 aliphatic rings. The van der Waals surface area contributed by atoms with Gasteiger partial charge in [-0.05, 0) is 58.2 Å². The highest BCUT2D eigenvalue weighted by atomic mass is 33.1. The number of H-pyrrole nitrogens is 1. The number of amides is 3. The maximum Gasteiger partial charge on any atom is 0.408 e. The topological polar surface area (TPSA) is 165 Å². The number of rotatable bonds is 18. The molecule has 0 fully saturated rings. The summed E-state index contributed by atoms with van der Waals surface area (Å²) in [6.45, 7) is 8.75. The lowest BCUT2D eigenvalue weighted by molar-refractivity contribution is -0.147. The summed E-state index contributed by atoms with van der Waals surface area (Å²) in [6.07, 6.45) is 1.84. The molecule has 0 unspecified atom stereocenters. The van der Waals surface area contributed by atoms with E-state index in [4.69, 9.17) is 14.2 Å². The lowest BCUT2D eigenvalue weighted by Gasteiger charge is -2.25. The van der Waals surface area contributed by atoms with Crippen molar-refractivity contribution >= 4 is 62.3 Å². The normalized spacial score (nSPS) is 13.1. The summed E-state index contributed by atoms with van der Waals surface area (Å²) in [5, 5.41) is 9.04. The van der Waals surface area contributed by atoms with Crippen LogP contribution in [-0.4, -0.2) is 83.3 Å². The molecule has 0 saturated heterocycles. The van der Waals surface area contributed by atoms with E-state index in [9.17, 15) is 24.0 Å². The monoisotopic (exact) mass is 714 g/mol. The molecule has 3 aromatic rings. The molecule has 3 amide bonds. The number of aromatic amines is 1. The Bertz CT molecular complexity index is 1540. The van der Waals surface area contributed by atoms with Crippen molar-refractivity contribution in [2.75, 3.05) is 24.7 Å². The van der Waals surface area contributed by atoms with Gasteiger partial charge in [-0.3, -0.25) is 9.59 Å². The number of hydrogen-bond donors (Lipinski definition) is 4. The average Bonchev–Trinajstić information content (AvgIpc) is 3.46. The molecule has 4 N–H and O–H groups in total. The van der Waals surface area contributed by atoms with Crippen molar-refractivity contribution in [3.8, 4) is 0 Å². The largest absolute Gasteiger partial charge is 0.464 e. The van der Waals surface area contributed by atoms with Crippen LogP contribution in [0.1, 0.15) is 52.2 Å². The van der Waals surface area contributed by atoms with E-state index in [1.807, 2.05) is 54.6 Å². The first-order valence-electron chi connectivity index (χ1n) is 16.2. The van der Waals surface area contributed by atoms with E-state index in [1.54, 1.807) is 40.8 Å². The second-order valence-corrected chi connectivity index (χ2v) is 14.6. The van der Waals surface area contributed by atoms with Crippen molar-refractivity contribution in [3.05, 3.63) is 71.9 Å². The SMILES string of the molecule is CCOC(=O)[C@H](CSSC[C@H](NC(=O)[C@@H](Cc1c[nH]c2ccccc12)NC(=O)OC(C)(C)C)C(=O)OCC)NC(=O)CCc1ccccc1. The number of ether oxygens (including phenoxy) is 3. The zero-order chi connectivity index (χ0) is 35.8. The van der Waals surface area contributed by atoms with Crippen LogP contribution in [0.4, 0.5) is 4.79 Å². The molecule has 0 spiro atoms. The van der Waals surface area contributed by atoms with E-state index in [1.165, 1.54) is 21.6 Å². The molecule has 1 aromatic heterocycles. The summed E-state index contributed by atoms with van der Waals surface area (Å²) < 4.78 is 15.8. The van der Waals surface area contributed by atoms with Crippen LogP contribution in [0.25, 0.3) is 10.9 Å². The van der Waals surface area contributed by atoms with Crippen molar-refractivity contribution in [2.45, 2.75) is 77.6 Å². The minimum absolute atomic E-state index is 0.0823. The standard InChI is InChI=1S/C35H46N4O8S2/c1-6-45-32(42)28(37-30(40)18-17-23-13-9-8-10-14-23)21-48-49-22-29(33(43)46-7-2)38-31(41)27(39-34(44)47-35(3,4)5)19-24-20-36-26-16-12-11-15-25(24)26/h8-16,20,27-29,36H,6-7,17-19,21-22H2,1-5H3,(H,37,40)(H,38,41)(H,39,44)/t27-,28+,29+/m1/s1. The highest BCUT2D eigenvalue weighted by Gasteiger charge is 2.30. The van der Waals surface area contributed by atoms with E-state index >= 15 is 0 Å². The minimum Gasteiger partial charge on any atom is -0.464 e. The molecule has 1 heterocycles. The maximum atomic E-state index is 13.7. The van der Waals surface area contributed by atoms with Gasteiger partial charge in [-0.15, -0.1) is 0 Å². The van der Waals surface area contributed by atoms with Gasteiger partial charge in [0.25, 0.3) is 0 Å². The first-order chi connectivity index (χ1) is 23.4. The fraction of sp³-hybridized carbons (Fsp3) is 0.457. The number of esters is 2. The minimum atomic E-state index is -1.08. The Balaban J connectivity index is 1.66.